The van der Waals surface area contributed by atoms with Crippen molar-refractivity contribution in [1.29, 1.82) is 0 Å². The van der Waals surface area contributed by atoms with Crippen LogP contribution in [0.2, 0.25) is 0 Å². The summed E-state index contributed by atoms with van der Waals surface area (Å²) in [4.78, 5) is 4.55. The predicted molar refractivity (Wildman–Crippen MR) is 79.6 cm³/mol. The highest BCUT2D eigenvalue weighted by molar-refractivity contribution is 7.09. The molecule has 0 fully saturated rings. The van der Waals surface area contributed by atoms with Gasteiger partial charge in [-0.05, 0) is 44.7 Å². The third-order valence-corrected chi connectivity index (χ3v) is 5.02. The maximum absolute atomic E-state index is 6.22. The summed E-state index contributed by atoms with van der Waals surface area (Å²) in [7, 11) is 0. The second kappa shape index (κ2) is 5.10. The molecule has 2 N–H and O–H groups in total. The minimum atomic E-state index is 0.241. The van der Waals surface area contributed by atoms with Crippen LogP contribution in [0.1, 0.15) is 46.5 Å². The molecule has 1 unspecified atom stereocenters. The monoisotopic (exact) mass is 275 g/mol. The summed E-state index contributed by atoms with van der Waals surface area (Å²) in [6.45, 7) is 5.28. The van der Waals surface area contributed by atoms with E-state index in [0.29, 0.717) is 0 Å². The van der Waals surface area contributed by atoms with Gasteiger partial charge in [0, 0.05) is 41.5 Å². The molecular weight excluding hydrogens is 254 g/mol. The van der Waals surface area contributed by atoms with E-state index in [1.807, 2.05) is 0 Å². The van der Waals surface area contributed by atoms with E-state index in [9.17, 15) is 0 Å². The smallest absolute Gasteiger partial charge is 0.0945 e. The molecule has 2 aromatic heterocycles. The summed E-state index contributed by atoms with van der Waals surface area (Å²) in [6.07, 6.45) is 4.54. The lowest BCUT2D eigenvalue weighted by Crippen LogP contribution is -2.18. The number of nitrogens with zero attached hydrogens (tertiary/aromatic N) is 2. The predicted octanol–water partition coefficient (Wildman–Crippen LogP) is 3.14. The lowest BCUT2D eigenvalue weighted by atomic mass is 9.93. The Kier molecular flexibility index (Phi) is 3.46. The van der Waals surface area contributed by atoms with E-state index in [0.717, 1.165) is 25.1 Å². The van der Waals surface area contributed by atoms with Gasteiger partial charge in [-0.25, -0.2) is 4.98 Å². The van der Waals surface area contributed by atoms with Crippen LogP contribution in [-0.2, 0) is 19.4 Å². The SMILES string of the molecule is Cc1csc(CCn2c(C)cc3c2CCCC3N)n1. The van der Waals surface area contributed by atoms with Crippen LogP contribution in [0, 0.1) is 13.8 Å². The molecule has 0 bridgehead atoms. The van der Waals surface area contributed by atoms with Crippen molar-refractivity contribution in [1.82, 2.24) is 9.55 Å². The van der Waals surface area contributed by atoms with Crippen LogP contribution < -0.4 is 5.73 Å². The molecule has 0 spiro atoms. The van der Waals surface area contributed by atoms with Crippen LogP contribution in [0.5, 0.6) is 0 Å². The molecule has 0 saturated heterocycles. The van der Waals surface area contributed by atoms with Gasteiger partial charge in [0.15, 0.2) is 0 Å². The molecule has 1 aliphatic carbocycles. The Morgan fingerprint density at radius 3 is 3.05 bits per heavy atom. The topological polar surface area (TPSA) is 43.8 Å². The molecule has 1 aliphatic rings. The fourth-order valence-electron chi connectivity index (χ4n) is 3.04. The van der Waals surface area contributed by atoms with Crippen molar-refractivity contribution < 1.29 is 0 Å². The number of fused-ring (bicyclic) bond motifs is 1. The van der Waals surface area contributed by atoms with E-state index < -0.39 is 0 Å². The van der Waals surface area contributed by atoms with Crippen molar-refractivity contribution in [2.45, 2.75) is 52.1 Å². The molecule has 19 heavy (non-hydrogen) atoms. The Balaban J connectivity index is 1.81. The van der Waals surface area contributed by atoms with Gasteiger partial charge in [0.25, 0.3) is 0 Å². The minimum Gasteiger partial charge on any atom is -0.348 e. The van der Waals surface area contributed by atoms with Crippen LogP contribution in [0.4, 0.5) is 0 Å². The fraction of sp³-hybridized carbons (Fsp3) is 0.533. The normalized spacial score (nSPS) is 18.6. The fourth-order valence-corrected chi connectivity index (χ4v) is 3.80. The van der Waals surface area contributed by atoms with Crippen LogP contribution in [0.25, 0.3) is 0 Å². The second-order valence-corrected chi connectivity index (χ2v) is 6.41. The minimum absolute atomic E-state index is 0.241. The summed E-state index contributed by atoms with van der Waals surface area (Å²) in [5.41, 5.74) is 11.5. The van der Waals surface area contributed by atoms with Gasteiger partial charge >= 0.3 is 0 Å². The molecule has 0 aromatic carbocycles. The van der Waals surface area contributed by atoms with E-state index in [1.54, 1.807) is 11.3 Å². The first kappa shape index (κ1) is 12.9. The number of nitrogens with two attached hydrogens (primary N) is 1. The van der Waals surface area contributed by atoms with Gasteiger partial charge in [0.1, 0.15) is 0 Å². The van der Waals surface area contributed by atoms with Gasteiger partial charge in [0.2, 0.25) is 0 Å². The summed E-state index contributed by atoms with van der Waals surface area (Å²) in [6, 6.07) is 2.53. The number of hydrogen-bond donors (Lipinski definition) is 1. The van der Waals surface area contributed by atoms with Crippen molar-refractivity contribution in [2.24, 2.45) is 5.73 Å². The number of aryl methyl sites for hydroxylation is 3. The molecule has 2 heterocycles. The molecular formula is C15H21N3S. The lowest BCUT2D eigenvalue weighted by molar-refractivity contribution is 0.536. The highest BCUT2D eigenvalue weighted by Gasteiger charge is 2.21. The molecule has 0 radical (unpaired) electrons. The Labute approximate surface area is 118 Å². The van der Waals surface area contributed by atoms with Crippen molar-refractivity contribution in [3.05, 3.63) is 39.1 Å². The van der Waals surface area contributed by atoms with E-state index in [1.165, 1.54) is 34.8 Å². The van der Waals surface area contributed by atoms with Crippen molar-refractivity contribution >= 4 is 11.3 Å². The number of hydrogen-bond acceptors (Lipinski definition) is 3. The molecule has 2 aromatic rings. The maximum Gasteiger partial charge on any atom is 0.0945 e. The zero-order valence-electron chi connectivity index (χ0n) is 11.6. The first-order valence-corrected chi connectivity index (χ1v) is 7.88. The standard InChI is InChI=1S/C15H21N3S/c1-10-9-19-15(17-10)6-7-18-11(2)8-12-13(16)4-3-5-14(12)18/h8-9,13H,3-7,16H2,1-2H3. The first-order valence-electron chi connectivity index (χ1n) is 7.00. The maximum atomic E-state index is 6.22. The second-order valence-electron chi connectivity index (χ2n) is 5.47. The molecule has 0 aliphatic heterocycles. The highest BCUT2D eigenvalue weighted by Crippen LogP contribution is 2.30. The first-order chi connectivity index (χ1) is 9.15. The zero-order chi connectivity index (χ0) is 13.4. The van der Waals surface area contributed by atoms with Crippen LogP contribution in [0.3, 0.4) is 0 Å². The molecule has 3 rings (SSSR count). The molecule has 1 atom stereocenters. The van der Waals surface area contributed by atoms with Gasteiger partial charge in [-0.3, -0.25) is 0 Å². The Bertz CT molecular complexity index is 582. The largest absolute Gasteiger partial charge is 0.348 e. The average molecular weight is 275 g/mol. The quantitative estimate of drug-likeness (QED) is 0.935. The van der Waals surface area contributed by atoms with Crippen LogP contribution in [0.15, 0.2) is 11.4 Å². The summed E-state index contributed by atoms with van der Waals surface area (Å²) >= 11 is 1.77. The third-order valence-electron chi connectivity index (χ3n) is 3.99. The van der Waals surface area contributed by atoms with E-state index in [4.69, 9.17) is 5.73 Å². The molecule has 102 valence electrons. The van der Waals surface area contributed by atoms with E-state index in [2.05, 4.69) is 34.8 Å². The lowest BCUT2D eigenvalue weighted by Gasteiger charge is -2.21. The number of rotatable bonds is 3. The van der Waals surface area contributed by atoms with Crippen LogP contribution in [-0.4, -0.2) is 9.55 Å². The molecule has 4 heteroatoms. The van der Waals surface area contributed by atoms with Crippen molar-refractivity contribution in [2.75, 3.05) is 0 Å². The molecule has 0 saturated carbocycles. The third kappa shape index (κ3) is 2.47. The van der Waals surface area contributed by atoms with Gasteiger partial charge in [0.05, 0.1) is 5.01 Å². The Morgan fingerprint density at radius 2 is 2.32 bits per heavy atom. The van der Waals surface area contributed by atoms with Crippen molar-refractivity contribution in [3.63, 3.8) is 0 Å². The van der Waals surface area contributed by atoms with Gasteiger partial charge in [-0.1, -0.05) is 0 Å². The molecule has 3 nitrogen and oxygen atoms in total. The van der Waals surface area contributed by atoms with Gasteiger partial charge in [-0.2, -0.15) is 0 Å². The Morgan fingerprint density at radius 1 is 1.47 bits per heavy atom. The number of thiazole rings is 1. The zero-order valence-corrected chi connectivity index (χ0v) is 12.5. The highest BCUT2D eigenvalue weighted by atomic mass is 32.1. The van der Waals surface area contributed by atoms with Gasteiger partial charge in [-0.15, -0.1) is 11.3 Å². The van der Waals surface area contributed by atoms with Crippen LogP contribution >= 0.6 is 11.3 Å². The van der Waals surface area contributed by atoms with Gasteiger partial charge < -0.3 is 10.3 Å². The Hall–Kier alpha value is -1.13. The number of aromatic nitrogens is 2. The summed E-state index contributed by atoms with van der Waals surface area (Å²) < 4.78 is 2.45. The van der Waals surface area contributed by atoms with Crippen molar-refractivity contribution in [3.8, 4) is 0 Å². The van der Waals surface area contributed by atoms with E-state index >= 15 is 0 Å². The molecule has 0 amide bonds. The average Bonchev–Trinajstić information content (AvgIpc) is 2.92. The summed E-state index contributed by atoms with van der Waals surface area (Å²) in [5.74, 6) is 0. The van der Waals surface area contributed by atoms with E-state index in [-0.39, 0.29) is 6.04 Å². The summed E-state index contributed by atoms with van der Waals surface area (Å²) in [5, 5.41) is 3.36.